The number of fused-ring (bicyclic) bond motifs is 2. The average Bonchev–Trinajstić information content (AvgIpc) is 3.60. The van der Waals surface area contributed by atoms with Crippen molar-refractivity contribution in [2.75, 3.05) is 33.2 Å². The van der Waals surface area contributed by atoms with Gasteiger partial charge >= 0.3 is 195 Å². The molecule has 57 heavy (non-hydrogen) atoms. The Morgan fingerprint density at radius 2 is 1.68 bits per heavy atom. The van der Waals surface area contributed by atoms with Crippen LogP contribution in [0.2, 0.25) is 0 Å². The molecule has 2 fully saturated rings. The molecule has 1 aliphatic carbocycles. The molecule has 2 aromatic carbocycles. The number of alkyl halides is 1. The Kier molecular flexibility index (Phi) is 13.7. The van der Waals surface area contributed by atoms with Crippen LogP contribution >= 0.6 is 0 Å². The van der Waals surface area contributed by atoms with Crippen LogP contribution in [0.25, 0.3) is 32.9 Å². The van der Waals surface area contributed by atoms with Gasteiger partial charge in [-0.25, -0.2) is 4.39 Å². The molecule has 0 spiro atoms. The van der Waals surface area contributed by atoms with E-state index in [0.717, 1.165) is 23.7 Å². The van der Waals surface area contributed by atoms with Crippen LogP contribution in [0.1, 0.15) is 96.6 Å². The summed E-state index contributed by atoms with van der Waals surface area (Å²) < 4.78 is 25.3. The predicted octanol–water partition coefficient (Wildman–Crippen LogP) is 2.47. The topological polar surface area (TPSA) is 149 Å². The molecule has 13 nitrogen and oxygen atoms in total. The molecule has 1 saturated heterocycles. The number of carbonyl (C=O) groups excluding carboxylic acids is 5. The third-order valence-electron chi connectivity index (χ3n) is 10.7. The van der Waals surface area contributed by atoms with E-state index in [1.807, 2.05) is 23.1 Å². The van der Waals surface area contributed by atoms with Crippen LogP contribution in [0.5, 0.6) is 0 Å². The second kappa shape index (κ2) is 18.5. The molecule has 308 valence electrons. The first kappa shape index (κ1) is 42.2. The number of carbonyl (C=O) groups is 5. The number of hydrogen-bond donors (Lipinski definition) is 1. The number of aromatic nitrogens is 4. The molecule has 1 saturated carbocycles. The van der Waals surface area contributed by atoms with Gasteiger partial charge in [0.15, 0.2) is 0 Å². The van der Waals surface area contributed by atoms with E-state index in [2.05, 4.69) is 10.4 Å². The summed E-state index contributed by atoms with van der Waals surface area (Å²) in [4.78, 5) is 67.6. The van der Waals surface area contributed by atoms with Crippen molar-refractivity contribution in [3.8, 4) is 11.1 Å². The van der Waals surface area contributed by atoms with Crippen LogP contribution in [-0.2, 0) is 42.3 Å². The number of halogens is 2. The standard InChI is InChI=1S/C42H54FIN7O6/c1-42(2,3)57-39(56)24-45-36(53)25-48(4)38(55)26-51-33-14-10-13-30(31-22-34-28(21-32(31)43)23-46-49(34)5)40(33)41(47-51)27-17-19-50(20-18-27)37(54)16-15-35(52)44-29-11-8-6-7-9-12-29/h10,13-14,21-23,27,29H,6-9,11-12,15-20,24-26H2,1-5H3,(H,45,53)/q-1. The number of likely N-dealkylation sites (tertiary alicyclic amines) is 1. The van der Waals surface area contributed by atoms with Gasteiger partial charge in [-0.2, -0.15) is 5.10 Å². The van der Waals surface area contributed by atoms with Crippen LogP contribution in [0.15, 0.2) is 36.5 Å². The molecule has 1 N–H and O–H groups in total. The Bertz CT molecular complexity index is 2130. The van der Waals surface area contributed by atoms with Crippen LogP contribution in [0, 0.1) is 5.82 Å². The first-order chi connectivity index (χ1) is 27.2. The zero-order valence-corrected chi connectivity index (χ0v) is 35.8. The van der Waals surface area contributed by atoms with Gasteiger partial charge in [-0.3, -0.25) is 19.1 Å². The number of ether oxygens (including phenoxy) is 1. The zero-order valence-electron chi connectivity index (χ0n) is 33.6. The molecule has 4 aromatic rings. The van der Waals surface area contributed by atoms with Crippen LogP contribution < -0.4 is 26.5 Å². The van der Waals surface area contributed by atoms with E-state index in [1.54, 1.807) is 49.4 Å². The molecule has 0 bridgehead atoms. The monoisotopic (exact) mass is 898 g/mol. The van der Waals surface area contributed by atoms with E-state index >= 15 is 4.39 Å². The van der Waals surface area contributed by atoms with Gasteiger partial charge in [-0.05, 0) is 32.9 Å². The molecule has 1 aliphatic heterocycles. The van der Waals surface area contributed by atoms with Gasteiger partial charge in [0.1, 0.15) is 18.0 Å². The third kappa shape index (κ3) is 10.8. The van der Waals surface area contributed by atoms with Crippen LogP contribution in [0.3, 0.4) is 0 Å². The second-order valence-corrected chi connectivity index (χ2v) is 19.8. The number of esters is 1. The number of benzene rings is 2. The fourth-order valence-corrected chi connectivity index (χ4v) is 10.8. The maximum absolute atomic E-state index is 15.9. The molecule has 2 aliphatic rings. The van der Waals surface area contributed by atoms with Crippen molar-refractivity contribution in [2.24, 2.45) is 7.05 Å². The van der Waals surface area contributed by atoms with Gasteiger partial charge in [0, 0.05) is 19.5 Å². The number of amides is 3. The zero-order chi connectivity index (χ0) is 40.9. The SMILES string of the molecule is CN(CC(=O)NCC(=O)OC(C)(C)C)C(=O)Cn1nc(C2CCN(C(=O)CCC(=O)[I-]C3CCCCCC3)CC2)c2c(-c3cc4c(cnn4C)cc3F)cccc21. The molecule has 3 heterocycles. The molecule has 0 atom stereocenters. The number of aryl methyl sites for hydroxylation is 1. The molecule has 3 amide bonds. The van der Waals surface area contributed by atoms with E-state index in [1.165, 1.54) is 43.7 Å². The average molecular weight is 899 g/mol. The van der Waals surface area contributed by atoms with Gasteiger partial charge in [0.05, 0.1) is 18.3 Å². The summed E-state index contributed by atoms with van der Waals surface area (Å²) in [6.07, 6.45) is 10.6. The van der Waals surface area contributed by atoms with Crippen molar-refractivity contribution in [3.05, 3.63) is 48.0 Å². The molecule has 0 unspecified atom stereocenters. The Morgan fingerprint density at radius 1 is 0.965 bits per heavy atom. The minimum atomic E-state index is -0.693. The van der Waals surface area contributed by atoms with E-state index < -0.39 is 44.5 Å². The van der Waals surface area contributed by atoms with Gasteiger partial charge < -0.3 is 15.0 Å². The summed E-state index contributed by atoms with van der Waals surface area (Å²) in [5.74, 6) is -1.98. The fourth-order valence-electron chi connectivity index (χ4n) is 7.75. The Labute approximate surface area is 343 Å². The molecule has 6 rings (SSSR count). The summed E-state index contributed by atoms with van der Waals surface area (Å²) in [7, 11) is 3.31. The molecular weight excluding hydrogens is 844 g/mol. The number of rotatable bonds is 13. The Balaban J connectivity index is 1.19. The van der Waals surface area contributed by atoms with Crippen molar-refractivity contribution < 1.29 is 54.3 Å². The third-order valence-corrected chi connectivity index (χ3v) is 14.1. The van der Waals surface area contributed by atoms with E-state index in [-0.39, 0.29) is 47.6 Å². The van der Waals surface area contributed by atoms with Gasteiger partial charge in [-0.15, -0.1) is 0 Å². The summed E-state index contributed by atoms with van der Waals surface area (Å²) in [5, 5.41) is 13.2. The van der Waals surface area contributed by atoms with E-state index in [0.29, 0.717) is 64.0 Å². The van der Waals surface area contributed by atoms with Gasteiger partial charge in [0.2, 0.25) is 11.8 Å². The predicted molar refractivity (Wildman–Crippen MR) is 210 cm³/mol. The van der Waals surface area contributed by atoms with Crippen molar-refractivity contribution >= 4 is 49.3 Å². The van der Waals surface area contributed by atoms with E-state index in [4.69, 9.17) is 9.84 Å². The summed E-state index contributed by atoms with van der Waals surface area (Å²) in [6.45, 7) is 5.42. The van der Waals surface area contributed by atoms with Crippen molar-refractivity contribution in [1.29, 1.82) is 0 Å². The van der Waals surface area contributed by atoms with Crippen molar-refractivity contribution in [2.45, 2.75) is 107 Å². The molecule has 15 heteroatoms. The minimum absolute atomic E-state index is 0.00179. The van der Waals surface area contributed by atoms with Crippen molar-refractivity contribution in [1.82, 2.24) is 34.7 Å². The number of likely N-dealkylation sites (N-methyl/N-ethyl adjacent to an activating group) is 1. The van der Waals surface area contributed by atoms with Crippen LogP contribution in [-0.4, -0.2) is 99.6 Å². The summed E-state index contributed by atoms with van der Waals surface area (Å²) >= 11 is -0.555. The second-order valence-electron chi connectivity index (χ2n) is 16.2. The normalized spacial score (nSPS) is 15.9. The number of nitrogens with zero attached hydrogens (tertiary/aromatic N) is 6. The van der Waals surface area contributed by atoms with Gasteiger partial charge in [0.25, 0.3) is 0 Å². The number of piperidine rings is 1. The molecule has 2 aromatic heterocycles. The molecular formula is C42H54FIN7O6-. The fraction of sp³-hybridized carbons (Fsp3) is 0.548. The first-order valence-corrected chi connectivity index (χ1v) is 22.3. The van der Waals surface area contributed by atoms with E-state index in [9.17, 15) is 24.0 Å². The maximum atomic E-state index is 15.9. The van der Waals surface area contributed by atoms with Crippen LogP contribution in [0.4, 0.5) is 4.39 Å². The van der Waals surface area contributed by atoms with Gasteiger partial charge in [-0.1, -0.05) is 6.07 Å². The number of nitrogens with one attached hydrogen (secondary N) is 1. The summed E-state index contributed by atoms with van der Waals surface area (Å²) in [5.41, 5.74) is 2.43. The molecule has 0 radical (unpaired) electrons. The quantitative estimate of drug-likeness (QED) is 0.0709. The van der Waals surface area contributed by atoms with Crippen molar-refractivity contribution in [3.63, 3.8) is 0 Å². The Hall–Kier alpha value is -4.41. The first-order valence-electron chi connectivity index (χ1n) is 19.9. The Morgan fingerprint density at radius 3 is 2.39 bits per heavy atom. The summed E-state index contributed by atoms with van der Waals surface area (Å²) in [6, 6.07) is 8.77. The number of hydrogen-bond acceptors (Lipinski definition) is 8.